The minimum Gasteiger partial charge on any atom is -0.428 e. The van der Waals surface area contributed by atoms with Gasteiger partial charge in [-0.15, -0.1) is 11.3 Å². The van der Waals surface area contributed by atoms with E-state index in [9.17, 15) is 22.4 Å². The van der Waals surface area contributed by atoms with Gasteiger partial charge in [-0.25, -0.2) is 0 Å². The molecule has 0 bridgehead atoms. The molecule has 0 saturated carbocycles. The Morgan fingerprint density at radius 2 is 1.81 bits per heavy atom. The van der Waals surface area contributed by atoms with Crippen LogP contribution in [-0.4, -0.2) is 23.4 Å². The highest BCUT2D eigenvalue weighted by molar-refractivity contribution is 7.13. The summed E-state index contributed by atoms with van der Waals surface area (Å²) >= 11 is 1.59. The maximum atomic E-state index is 13.0. The highest BCUT2D eigenvalue weighted by Gasteiger charge is 2.43. The highest BCUT2D eigenvalue weighted by atomic mass is 32.1. The minimum atomic E-state index is -4.61. The quantitative estimate of drug-likeness (QED) is 0.346. The minimum absolute atomic E-state index is 0.138. The van der Waals surface area contributed by atoms with Crippen molar-refractivity contribution < 1.29 is 27.1 Å². The fourth-order valence-corrected chi connectivity index (χ4v) is 3.76. The number of alkyl halides is 4. The van der Waals surface area contributed by atoms with Crippen LogP contribution in [0.15, 0.2) is 72.2 Å². The first-order valence-corrected chi connectivity index (χ1v) is 9.91. The molecule has 4 aromatic rings. The number of nitrogens with zero attached hydrogens (tertiary/aromatic N) is 1. The van der Waals surface area contributed by atoms with Crippen LogP contribution >= 0.6 is 11.3 Å². The van der Waals surface area contributed by atoms with Gasteiger partial charge in [-0.05, 0) is 47.8 Å². The van der Waals surface area contributed by atoms with Crippen LogP contribution in [0.2, 0.25) is 0 Å². The second-order valence-electron chi connectivity index (χ2n) is 6.48. The van der Waals surface area contributed by atoms with E-state index in [0.717, 1.165) is 28.0 Å². The molecular formula is C22H14F4N2O2S. The van der Waals surface area contributed by atoms with Crippen LogP contribution in [0.5, 0.6) is 5.75 Å². The van der Waals surface area contributed by atoms with E-state index in [1.807, 2.05) is 29.6 Å². The topological polar surface area (TPSA) is 51.2 Å². The monoisotopic (exact) mass is 446 g/mol. The normalized spacial score (nSPS) is 11.6. The first-order valence-electron chi connectivity index (χ1n) is 9.03. The zero-order valence-electron chi connectivity index (χ0n) is 15.7. The number of carbonyl (C=O) groups is 1. The number of amides is 1. The van der Waals surface area contributed by atoms with E-state index < -0.39 is 24.2 Å². The van der Waals surface area contributed by atoms with Gasteiger partial charge in [0.25, 0.3) is 5.91 Å². The van der Waals surface area contributed by atoms with Crippen LogP contribution in [0.25, 0.3) is 21.3 Å². The van der Waals surface area contributed by atoms with Crippen LogP contribution in [0.3, 0.4) is 0 Å². The van der Waals surface area contributed by atoms with Gasteiger partial charge in [0.2, 0.25) is 0 Å². The highest BCUT2D eigenvalue weighted by Crippen LogP contribution is 2.33. The van der Waals surface area contributed by atoms with Crippen molar-refractivity contribution in [3.8, 4) is 16.2 Å². The number of anilines is 1. The molecule has 1 amide bonds. The molecule has 9 heteroatoms. The van der Waals surface area contributed by atoms with Crippen LogP contribution < -0.4 is 10.1 Å². The molecule has 0 saturated heterocycles. The molecule has 0 aliphatic heterocycles. The van der Waals surface area contributed by atoms with Crippen molar-refractivity contribution in [1.29, 1.82) is 0 Å². The van der Waals surface area contributed by atoms with Gasteiger partial charge in [-0.2, -0.15) is 17.6 Å². The van der Waals surface area contributed by atoms with Crippen molar-refractivity contribution in [2.45, 2.75) is 12.5 Å². The summed E-state index contributed by atoms with van der Waals surface area (Å²) in [6, 6.07) is 15.7. The molecule has 1 N–H and O–H groups in total. The molecule has 0 unspecified atom stereocenters. The van der Waals surface area contributed by atoms with E-state index in [0.29, 0.717) is 11.2 Å². The molecule has 2 aromatic carbocycles. The second kappa shape index (κ2) is 8.35. The summed E-state index contributed by atoms with van der Waals surface area (Å²) in [5.41, 5.74) is 2.19. The number of benzene rings is 2. The molecule has 2 heterocycles. The lowest BCUT2D eigenvalue weighted by Crippen LogP contribution is -2.33. The van der Waals surface area contributed by atoms with Gasteiger partial charge in [0, 0.05) is 27.6 Å². The Kier molecular flexibility index (Phi) is 5.60. The Hall–Kier alpha value is -3.46. The third-order valence-electron chi connectivity index (χ3n) is 4.43. The number of aromatic nitrogens is 1. The van der Waals surface area contributed by atoms with Gasteiger partial charge in [0.1, 0.15) is 5.75 Å². The number of para-hydroxylation sites is 1. The number of pyridine rings is 1. The van der Waals surface area contributed by atoms with E-state index in [2.05, 4.69) is 15.0 Å². The molecule has 158 valence electrons. The van der Waals surface area contributed by atoms with Gasteiger partial charge >= 0.3 is 12.5 Å². The Balaban J connectivity index is 1.57. The Morgan fingerprint density at radius 3 is 2.48 bits per heavy atom. The van der Waals surface area contributed by atoms with Crippen LogP contribution in [0, 0.1) is 0 Å². The van der Waals surface area contributed by atoms with Crippen molar-refractivity contribution in [2.75, 3.05) is 5.32 Å². The first-order chi connectivity index (χ1) is 14.8. The maximum Gasteiger partial charge on any atom is 0.461 e. The van der Waals surface area contributed by atoms with Crippen LogP contribution in [0.1, 0.15) is 10.4 Å². The summed E-state index contributed by atoms with van der Waals surface area (Å²) in [5.74, 6) is -0.989. The third-order valence-corrected chi connectivity index (χ3v) is 5.33. The van der Waals surface area contributed by atoms with Crippen molar-refractivity contribution in [3.05, 3.63) is 77.8 Å². The first kappa shape index (κ1) is 20.8. The molecule has 0 aliphatic rings. The van der Waals surface area contributed by atoms with Crippen LogP contribution in [0.4, 0.5) is 23.2 Å². The van der Waals surface area contributed by atoms with E-state index in [-0.39, 0.29) is 5.56 Å². The summed E-state index contributed by atoms with van der Waals surface area (Å²) < 4.78 is 54.5. The third kappa shape index (κ3) is 4.36. The predicted octanol–water partition coefficient (Wildman–Crippen LogP) is 6.45. The molecule has 4 rings (SSSR count). The zero-order valence-corrected chi connectivity index (χ0v) is 16.5. The average molecular weight is 446 g/mol. The van der Waals surface area contributed by atoms with E-state index in [1.54, 1.807) is 29.7 Å². The number of fused-ring (bicyclic) bond motifs is 1. The summed E-state index contributed by atoms with van der Waals surface area (Å²) in [7, 11) is 0. The van der Waals surface area contributed by atoms with Gasteiger partial charge in [0.05, 0.1) is 11.2 Å². The lowest BCUT2D eigenvalue weighted by molar-refractivity contribution is -0.253. The predicted molar refractivity (Wildman–Crippen MR) is 111 cm³/mol. The Morgan fingerprint density at radius 1 is 1.03 bits per heavy atom. The van der Waals surface area contributed by atoms with Gasteiger partial charge < -0.3 is 10.1 Å². The largest absolute Gasteiger partial charge is 0.461 e. The van der Waals surface area contributed by atoms with Gasteiger partial charge in [0.15, 0.2) is 0 Å². The Labute approximate surface area is 178 Å². The molecular weight excluding hydrogens is 432 g/mol. The van der Waals surface area contributed by atoms with E-state index >= 15 is 0 Å². The zero-order chi connectivity index (χ0) is 22.0. The molecule has 31 heavy (non-hydrogen) atoms. The van der Waals surface area contributed by atoms with Crippen molar-refractivity contribution in [3.63, 3.8) is 0 Å². The summed E-state index contributed by atoms with van der Waals surface area (Å²) in [5, 5.41) is 5.58. The smallest absolute Gasteiger partial charge is 0.428 e. The van der Waals surface area contributed by atoms with Crippen molar-refractivity contribution in [1.82, 2.24) is 4.98 Å². The molecule has 2 aromatic heterocycles. The lowest BCUT2D eigenvalue weighted by Gasteiger charge is -2.16. The fraction of sp³-hybridized carbons (Fsp3) is 0.0909. The Bertz CT molecular complexity index is 1210. The second-order valence-corrected chi connectivity index (χ2v) is 7.43. The maximum absolute atomic E-state index is 13.0. The van der Waals surface area contributed by atoms with E-state index in [4.69, 9.17) is 0 Å². The van der Waals surface area contributed by atoms with E-state index in [1.165, 1.54) is 12.1 Å². The summed E-state index contributed by atoms with van der Waals surface area (Å²) in [4.78, 5) is 18.1. The summed E-state index contributed by atoms with van der Waals surface area (Å²) in [6.45, 7) is 0. The molecule has 0 fully saturated rings. The number of carbonyl (C=O) groups excluding carboxylic acids is 1. The van der Waals surface area contributed by atoms with Crippen molar-refractivity contribution >= 4 is 33.8 Å². The molecule has 0 radical (unpaired) electrons. The SMILES string of the molecule is O=C(Nc1cccc2c(-c3cccs3)ccnc12)c1ccc(OC(F)(F)C(F)F)cc1. The fourth-order valence-electron chi connectivity index (χ4n) is 2.99. The number of ether oxygens (including phenoxy) is 1. The van der Waals surface area contributed by atoms with Crippen molar-refractivity contribution in [2.24, 2.45) is 0 Å². The summed E-state index contributed by atoms with van der Waals surface area (Å²) in [6.07, 6.45) is -6.92. The van der Waals surface area contributed by atoms with Crippen LogP contribution in [-0.2, 0) is 0 Å². The molecule has 0 spiro atoms. The number of hydrogen-bond acceptors (Lipinski definition) is 4. The number of hydrogen-bond donors (Lipinski definition) is 1. The number of thiophene rings is 1. The lowest BCUT2D eigenvalue weighted by atomic mass is 10.1. The number of nitrogens with one attached hydrogen (secondary N) is 1. The standard InChI is InChI=1S/C22H14F4N2O2S/c23-21(24)22(25,26)30-14-8-6-13(7-9-14)20(29)28-17-4-1-3-16-15(10-11-27-19(16)17)18-5-2-12-31-18/h1-12,21H,(H,28,29). The van der Waals surface area contributed by atoms with Gasteiger partial charge in [-0.3, -0.25) is 9.78 Å². The molecule has 0 atom stereocenters. The van der Waals surface area contributed by atoms with Gasteiger partial charge in [-0.1, -0.05) is 18.2 Å². The molecule has 4 nitrogen and oxygen atoms in total. The average Bonchev–Trinajstić information content (AvgIpc) is 3.28. The number of rotatable bonds is 6. The molecule has 0 aliphatic carbocycles. The number of halogens is 4.